The number of hydrogen-bond donors (Lipinski definition) is 1. The molecule has 0 aliphatic carbocycles. The SMILES string of the molecule is CN(C)CCCN(C)S(=O)(=O)c1ccc(N)cc1Br. The average Bonchev–Trinajstić information content (AvgIpc) is 2.27. The number of nitrogens with zero attached hydrogens (tertiary/aromatic N) is 2. The van der Waals surface area contributed by atoms with Gasteiger partial charge in [0.15, 0.2) is 0 Å². The summed E-state index contributed by atoms with van der Waals surface area (Å²) in [6.45, 7) is 1.33. The summed E-state index contributed by atoms with van der Waals surface area (Å²) in [5, 5.41) is 0. The number of benzene rings is 1. The van der Waals surface area contributed by atoms with Gasteiger partial charge in [-0.25, -0.2) is 12.7 Å². The molecule has 0 spiro atoms. The van der Waals surface area contributed by atoms with Crippen molar-refractivity contribution in [3.63, 3.8) is 0 Å². The first kappa shape index (κ1) is 16.4. The fourth-order valence-electron chi connectivity index (χ4n) is 1.62. The number of halogens is 1. The molecule has 7 heteroatoms. The standard InChI is InChI=1S/C12H20BrN3O2S/c1-15(2)7-4-8-16(3)19(17,18)12-6-5-10(14)9-11(12)13/h5-6,9H,4,7-8,14H2,1-3H3. The highest BCUT2D eigenvalue weighted by molar-refractivity contribution is 9.10. The smallest absolute Gasteiger partial charge is 0.243 e. The highest BCUT2D eigenvalue weighted by atomic mass is 79.9. The molecule has 0 radical (unpaired) electrons. The van der Waals surface area contributed by atoms with E-state index in [1.54, 1.807) is 19.2 Å². The Bertz CT molecular complexity index is 532. The number of rotatable bonds is 6. The molecule has 0 heterocycles. The van der Waals surface area contributed by atoms with Crippen LogP contribution in [0, 0.1) is 0 Å². The van der Waals surface area contributed by atoms with Crippen molar-refractivity contribution >= 4 is 31.6 Å². The summed E-state index contributed by atoms with van der Waals surface area (Å²) >= 11 is 3.25. The lowest BCUT2D eigenvalue weighted by Crippen LogP contribution is -2.30. The summed E-state index contributed by atoms with van der Waals surface area (Å²) in [7, 11) is 2.05. The minimum atomic E-state index is -3.47. The Morgan fingerprint density at radius 2 is 1.84 bits per heavy atom. The second-order valence-electron chi connectivity index (χ2n) is 4.67. The predicted molar refractivity (Wildman–Crippen MR) is 81.5 cm³/mol. The molecule has 0 saturated carbocycles. The fraction of sp³-hybridized carbons (Fsp3) is 0.500. The van der Waals surface area contributed by atoms with Crippen molar-refractivity contribution in [1.82, 2.24) is 9.21 Å². The molecule has 0 aliphatic rings. The lowest BCUT2D eigenvalue weighted by Gasteiger charge is -2.19. The largest absolute Gasteiger partial charge is 0.399 e. The monoisotopic (exact) mass is 349 g/mol. The molecule has 19 heavy (non-hydrogen) atoms. The van der Waals surface area contributed by atoms with E-state index in [2.05, 4.69) is 15.9 Å². The van der Waals surface area contributed by atoms with Gasteiger partial charge in [0.05, 0.1) is 4.90 Å². The maximum atomic E-state index is 12.4. The van der Waals surface area contributed by atoms with Gasteiger partial charge in [0, 0.05) is 23.8 Å². The minimum Gasteiger partial charge on any atom is -0.399 e. The highest BCUT2D eigenvalue weighted by Crippen LogP contribution is 2.26. The Labute approximate surface area is 123 Å². The molecule has 1 rings (SSSR count). The van der Waals surface area contributed by atoms with Gasteiger partial charge in [0.25, 0.3) is 0 Å². The molecule has 0 unspecified atom stereocenters. The second-order valence-corrected chi connectivity index (χ2v) is 7.54. The van der Waals surface area contributed by atoms with Crippen molar-refractivity contribution in [1.29, 1.82) is 0 Å². The van der Waals surface area contributed by atoms with Gasteiger partial charge in [-0.05, 0) is 61.2 Å². The fourth-order valence-corrected chi connectivity index (χ4v) is 3.88. The van der Waals surface area contributed by atoms with Crippen LogP contribution in [-0.4, -0.2) is 51.9 Å². The molecule has 1 aromatic carbocycles. The van der Waals surface area contributed by atoms with Crippen LogP contribution in [0.15, 0.2) is 27.6 Å². The molecule has 0 aliphatic heterocycles. The molecule has 0 saturated heterocycles. The van der Waals surface area contributed by atoms with E-state index in [-0.39, 0.29) is 4.90 Å². The zero-order valence-electron chi connectivity index (χ0n) is 11.4. The lowest BCUT2D eigenvalue weighted by atomic mass is 10.3. The maximum absolute atomic E-state index is 12.4. The van der Waals surface area contributed by atoms with Gasteiger partial charge >= 0.3 is 0 Å². The van der Waals surface area contributed by atoms with Crippen molar-refractivity contribution < 1.29 is 8.42 Å². The summed E-state index contributed by atoms with van der Waals surface area (Å²) in [5.41, 5.74) is 6.15. The van der Waals surface area contributed by atoms with E-state index in [9.17, 15) is 8.42 Å². The number of nitrogen functional groups attached to an aromatic ring is 1. The molecular formula is C12H20BrN3O2S. The van der Waals surface area contributed by atoms with E-state index in [1.807, 2.05) is 19.0 Å². The summed E-state index contributed by atoms with van der Waals surface area (Å²) in [5.74, 6) is 0. The van der Waals surface area contributed by atoms with Gasteiger partial charge in [-0.3, -0.25) is 0 Å². The van der Waals surface area contributed by atoms with Crippen LogP contribution < -0.4 is 5.73 Å². The van der Waals surface area contributed by atoms with Crippen molar-refractivity contribution in [3.8, 4) is 0 Å². The molecule has 0 fully saturated rings. The third-order valence-corrected chi connectivity index (χ3v) is 5.56. The van der Waals surface area contributed by atoms with E-state index >= 15 is 0 Å². The first-order valence-electron chi connectivity index (χ1n) is 5.91. The van der Waals surface area contributed by atoms with E-state index < -0.39 is 10.0 Å². The third kappa shape index (κ3) is 4.45. The Morgan fingerprint density at radius 3 is 2.37 bits per heavy atom. The topological polar surface area (TPSA) is 66.6 Å². The molecule has 0 bridgehead atoms. The molecule has 1 aromatic rings. The third-order valence-electron chi connectivity index (χ3n) is 2.72. The molecule has 0 amide bonds. The van der Waals surface area contributed by atoms with Gasteiger partial charge in [-0.1, -0.05) is 0 Å². The van der Waals surface area contributed by atoms with Crippen molar-refractivity contribution in [2.24, 2.45) is 0 Å². The second kappa shape index (κ2) is 6.69. The number of sulfonamides is 1. The van der Waals surface area contributed by atoms with Crippen molar-refractivity contribution in [2.45, 2.75) is 11.3 Å². The summed E-state index contributed by atoms with van der Waals surface area (Å²) in [4.78, 5) is 2.27. The van der Waals surface area contributed by atoms with Gasteiger partial charge in [-0.15, -0.1) is 0 Å². The van der Waals surface area contributed by atoms with Crippen LogP contribution >= 0.6 is 15.9 Å². The van der Waals surface area contributed by atoms with Crippen LogP contribution in [0.5, 0.6) is 0 Å². The first-order chi connectivity index (χ1) is 8.75. The van der Waals surface area contributed by atoms with Crippen LogP contribution in [0.25, 0.3) is 0 Å². The summed E-state index contributed by atoms with van der Waals surface area (Å²) in [6, 6.07) is 4.71. The number of nitrogens with two attached hydrogens (primary N) is 1. The number of anilines is 1. The highest BCUT2D eigenvalue weighted by Gasteiger charge is 2.22. The molecular weight excluding hydrogens is 330 g/mol. The molecule has 108 valence electrons. The zero-order chi connectivity index (χ0) is 14.6. The van der Waals surface area contributed by atoms with E-state index in [1.165, 1.54) is 10.4 Å². The quantitative estimate of drug-likeness (QED) is 0.792. The maximum Gasteiger partial charge on any atom is 0.243 e. The Balaban J connectivity index is 2.85. The number of hydrogen-bond acceptors (Lipinski definition) is 4. The average molecular weight is 350 g/mol. The Kier molecular flexibility index (Phi) is 5.79. The minimum absolute atomic E-state index is 0.244. The molecule has 0 atom stereocenters. The summed E-state index contributed by atoms with van der Waals surface area (Å²) in [6.07, 6.45) is 0.787. The van der Waals surface area contributed by atoms with Crippen LogP contribution in [-0.2, 0) is 10.0 Å². The van der Waals surface area contributed by atoms with E-state index in [4.69, 9.17) is 5.73 Å². The Morgan fingerprint density at radius 1 is 1.21 bits per heavy atom. The van der Waals surface area contributed by atoms with Gasteiger partial charge in [0.1, 0.15) is 0 Å². The molecule has 2 N–H and O–H groups in total. The van der Waals surface area contributed by atoms with E-state index in [0.29, 0.717) is 16.7 Å². The van der Waals surface area contributed by atoms with Gasteiger partial charge in [0.2, 0.25) is 10.0 Å². The van der Waals surface area contributed by atoms with Crippen molar-refractivity contribution in [3.05, 3.63) is 22.7 Å². The lowest BCUT2D eigenvalue weighted by molar-refractivity contribution is 0.370. The summed E-state index contributed by atoms with van der Waals surface area (Å²) < 4.78 is 26.6. The van der Waals surface area contributed by atoms with Gasteiger partial charge < -0.3 is 10.6 Å². The zero-order valence-corrected chi connectivity index (χ0v) is 13.8. The normalized spacial score (nSPS) is 12.3. The Hall–Kier alpha value is -0.630. The van der Waals surface area contributed by atoms with Crippen LogP contribution in [0.1, 0.15) is 6.42 Å². The van der Waals surface area contributed by atoms with Crippen LogP contribution in [0.2, 0.25) is 0 Å². The van der Waals surface area contributed by atoms with Crippen LogP contribution in [0.4, 0.5) is 5.69 Å². The van der Waals surface area contributed by atoms with Gasteiger partial charge in [-0.2, -0.15) is 0 Å². The first-order valence-corrected chi connectivity index (χ1v) is 8.14. The predicted octanol–water partition coefficient (Wildman–Crippen LogP) is 1.60. The van der Waals surface area contributed by atoms with Crippen molar-refractivity contribution in [2.75, 3.05) is 40.0 Å². The molecule has 5 nitrogen and oxygen atoms in total. The molecule has 0 aromatic heterocycles. The van der Waals surface area contributed by atoms with E-state index in [0.717, 1.165) is 13.0 Å². The van der Waals surface area contributed by atoms with Crippen LogP contribution in [0.3, 0.4) is 0 Å².